The number of hydrogen-bond donors (Lipinski definition) is 2. The summed E-state index contributed by atoms with van der Waals surface area (Å²) in [6, 6.07) is 6.44. The summed E-state index contributed by atoms with van der Waals surface area (Å²) in [7, 11) is 1.50. The Kier molecular flexibility index (Phi) is 3.71. The molecule has 0 bridgehead atoms. The number of carbonyl (C=O) groups excluding carboxylic acids is 3. The van der Waals surface area contributed by atoms with Crippen molar-refractivity contribution in [3.05, 3.63) is 24.3 Å². The number of rotatable bonds is 5. The lowest BCUT2D eigenvalue weighted by Gasteiger charge is -2.20. The fourth-order valence-corrected chi connectivity index (χ4v) is 2.88. The third-order valence-electron chi connectivity index (χ3n) is 4.38. The molecule has 0 aromatic heterocycles. The van der Waals surface area contributed by atoms with Crippen LogP contribution in [0, 0.1) is 5.92 Å². The summed E-state index contributed by atoms with van der Waals surface area (Å²) in [5.41, 5.74) is -0.376. The molecule has 2 aliphatic rings. The molecule has 1 aliphatic carbocycles. The summed E-state index contributed by atoms with van der Waals surface area (Å²) < 4.78 is 5.16. The number of nitrogens with one attached hydrogen (secondary N) is 2. The van der Waals surface area contributed by atoms with Gasteiger partial charge in [-0.1, -0.05) is 12.1 Å². The fraction of sp³-hybridized carbons (Fsp3) is 0.438. The van der Waals surface area contributed by atoms with Crippen molar-refractivity contribution in [1.29, 1.82) is 0 Å². The highest BCUT2D eigenvalue weighted by molar-refractivity contribution is 6.10. The maximum absolute atomic E-state index is 12.5. The van der Waals surface area contributed by atoms with Crippen molar-refractivity contribution in [2.45, 2.75) is 25.3 Å². The van der Waals surface area contributed by atoms with Crippen LogP contribution >= 0.6 is 0 Å². The molecule has 3 rings (SSSR count). The highest BCUT2D eigenvalue weighted by atomic mass is 16.5. The van der Waals surface area contributed by atoms with Gasteiger partial charge in [-0.25, -0.2) is 4.79 Å². The largest absolute Gasteiger partial charge is 0.495 e. The summed E-state index contributed by atoms with van der Waals surface area (Å²) in [6.07, 6.45) is 1.84. The van der Waals surface area contributed by atoms with Crippen molar-refractivity contribution in [2.75, 3.05) is 19.0 Å². The van der Waals surface area contributed by atoms with Crippen LogP contribution in [-0.4, -0.2) is 41.9 Å². The molecule has 7 heteroatoms. The number of nitrogens with zero attached hydrogens (tertiary/aromatic N) is 1. The van der Waals surface area contributed by atoms with E-state index < -0.39 is 17.5 Å². The van der Waals surface area contributed by atoms with Crippen LogP contribution in [-0.2, 0) is 9.59 Å². The first kappa shape index (κ1) is 15.3. The minimum atomic E-state index is -0.873. The summed E-state index contributed by atoms with van der Waals surface area (Å²) in [4.78, 5) is 37.7. The van der Waals surface area contributed by atoms with Gasteiger partial charge in [-0.15, -0.1) is 0 Å². The van der Waals surface area contributed by atoms with E-state index in [1.807, 2.05) is 0 Å². The number of methoxy groups -OCH3 is 1. The Bertz CT molecular complexity index is 671. The topological polar surface area (TPSA) is 87.7 Å². The number of ether oxygens (including phenoxy) is 1. The van der Waals surface area contributed by atoms with Crippen molar-refractivity contribution in [3.63, 3.8) is 0 Å². The van der Waals surface area contributed by atoms with Crippen molar-refractivity contribution in [3.8, 4) is 5.75 Å². The molecule has 122 valence electrons. The van der Waals surface area contributed by atoms with E-state index in [4.69, 9.17) is 4.74 Å². The lowest BCUT2D eigenvalue weighted by atomic mass is 9.96. The van der Waals surface area contributed by atoms with Gasteiger partial charge in [0.1, 0.15) is 17.8 Å². The molecule has 2 fully saturated rings. The van der Waals surface area contributed by atoms with Crippen LogP contribution in [0.15, 0.2) is 24.3 Å². The Morgan fingerprint density at radius 1 is 1.39 bits per heavy atom. The first-order valence-corrected chi connectivity index (χ1v) is 7.52. The molecule has 1 atom stereocenters. The Morgan fingerprint density at radius 2 is 2.09 bits per heavy atom. The molecule has 23 heavy (non-hydrogen) atoms. The third-order valence-corrected chi connectivity index (χ3v) is 4.38. The standard InChI is InChI=1S/C16H19N3O4/c1-16(10-7-8-10)14(21)19(15(22)18-16)9-13(20)17-11-5-3-4-6-12(11)23-2/h3-6,10H,7-9H2,1-2H3,(H,17,20)(H,18,22). The second-order valence-corrected chi connectivity index (χ2v) is 6.05. The summed E-state index contributed by atoms with van der Waals surface area (Å²) in [5.74, 6) is -0.0969. The molecular weight excluding hydrogens is 298 g/mol. The van der Waals surface area contributed by atoms with E-state index in [0.717, 1.165) is 17.7 Å². The highest BCUT2D eigenvalue weighted by Gasteiger charge is 2.56. The van der Waals surface area contributed by atoms with E-state index in [1.54, 1.807) is 31.2 Å². The van der Waals surface area contributed by atoms with Gasteiger partial charge in [-0.3, -0.25) is 14.5 Å². The van der Waals surface area contributed by atoms with Gasteiger partial charge in [-0.05, 0) is 37.8 Å². The summed E-state index contributed by atoms with van der Waals surface area (Å²) in [5, 5.41) is 5.38. The van der Waals surface area contributed by atoms with Crippen LogP contribution in [0.2, 0.25) is 0 Å². The molecule has 1 unspecified atom stereocenters. The average molecular weight is 317 g/mol. The zero-order valence-electron chi connectivity index (χ0n) is 13.1. The van der Waals surface area contributed by atoms with E-state index in [1.165, 1.54) is 7.11 Å². The number of anilines is 1. The van der Waals surface area contributed by atoms with Crippen LogP contribution in [0.3, 0.4) is 0 Å². The van der Waals surface area contributed by atoms with Gasteiger partial charge in [0.05, 0.1) is 12.8 Å². The normalized spacial score (nSPS) is 23.7. The number of urea groups is 1. The maximum atomic E-state index is 12.5. The Morgan fingerprint density at radius 3 is 2.74 bits per heavy atom. The van der Waals surface area contributed by atoms with E-state index in [0.29, 0.717) is 11.4 Å². The molecule has 1 saturated carbocycles. The van der Waals surface area contributed by atoms with Gasteiger partial charge in [-0.2, -0.15) is 0 Å². The van der Waals surface area contributed by atoms with Crippen LogP contribution in [0.25, 0.3) is 0 Å². The van der Waals surface area contributed by atoms with Crippen LogP contribution in [0.1, 0.15) is 19.8 Å². The van der Waals surface area contributed by atoms with E-state index >= 15 is 0 Å². The lowest BCUT2D eigenvalue weighted by molar-refractivity contribution is -0.134. The van der Waals surface area contributed by atoms with Crippen molar-refractivity contribution >= 4 is 23.5 Å². The SMILES string of the molecule is COc1ccccc1NC(=O)CN1C(=O)NC(C)(C2CC2)C1=O. The zero-order valence-corrected chi connectivity index (χ0v) is 13.1. The van der Waals surface area contributed by atoms with E-state index in [-0.39, 0.29) is 18.4 Å². The summed E-state index contributed by atoms with van der Waals surface area (Å²) >= 11 is 0. The summed E-state index contributed by atoms with van der Waals surface area (Å²) in [6.45, 7) is 1.41. The minimum absolute atomic E-state index is 0.168. The maximum Gasteiger partial charge on any atom is 0.325 e. The number of amides is 4. The second kappa shape index (κ2) is 5.57. The van der Waals surface area contributed by atoms with Crippen LogP contribution in [0.4, 0.5) is 10.5 Å². The molecule has 0 spiro atoms. The molecule has 1 aromatic rings. The quantitative estimate of drug-likeness (QED) is 0.803. The molecule has 0 radical (unpaired) electrons. The predicted molar refractivity (Wildman–Crippen MR) is 83.0 cm³/mol. The Balaban J connectivity index is 1.68. The fourth-order valence-electron chi connectivity index (χ4n) is 2.88. The number of para-hydroxylation sites is 2. The molecule has 4 amide bonds. The van der Waals surface area contributed by atoms with Crippen molar-refractivity contribution in [1.82, 2.24) is 10.2 Å². The molecule has 7 nitrogen and oxygen atoms in total. The predicted octanol–water partition coefficient (Wildman–Crippen LogP) is 1.35. The number of benzene rings is 1. The monoisotopic (exact) mass is 317 g/mol. The molecule has 2 N–H and O–H groups in total. The molecular formula is C16H19N3O4. The third kappa shape index (κ3) is 2.74. The molecule has 1 aliphatic heterocycles. The zero-order chi connectivity index (χ0) is 16.6. The van der Waals surface area contributed by atoms with E-state index in [2.05, 4.69) is 10.6 Å². The van der Waals surface area contributed by atoms with Gasteiger partial charge in [0.25, 0.3) is 5.91 Å². The number of hydrogen-bond acceptors (Lipinski definition) is 4. The first-order chi connectivity index (χ1) is 11.0. The smallest absolute Gasteiger partial charge is 0.325 e. The number of carbonyl (C=O) groups is 3. The van der Waals surface area contributed by atoms with Crippen molar-refractivity contribution < 1.29 is 19.1 Å². The van der Waals surface area contributed by atoms with Gasteiger partial charge in [0.15, 0.2) is 0 Å². The van der Waals surface area contributed by atoms with Crippen LogP contribution < -0.4 is 15.4 Å². The number of imide groups is 1. The first-order valence-electron chi connectivity index (χ1n) is 7.52. The molecule has 1 heterocycles. The highest BCUT2D eigenvalue weighted by Crippen LogP contribution is 2.42. The Labute approximate surface area is 134 Å². The molecule has 1 aromatic carbocycles. The lowest BCUT2D eigenvalue weighted by Crippen LogP contribution is -2.46. The van der Waals surface area contributed by atoms with Gasteiger partial charge in [0, 0.05) is 0 Å². The van der Waals surface area contributed by atoms with Gasteiger partial charge < -0.3 is 15.4 Å². The van der Waals surface area contributed by atoms with Crippen molar-refractivity contribution in [2.24, 2.45) is 5.92 Å². The van der Waals surface area contributed by atoms with E-state index in [9.17, 15) is 14.4 Å². The average Bonchev–Trinajstić information content (AvgIpc) is 3.34. The minimum Gasteiger partial charge on any atom is -0.495 e. The van der Waals surface area contributed by atoms with Gasteiger partial charge in [0.2, 0.25) is 5.91 Å². The second-order valence-electron chi connectivity index (χ2n) is 6.05. The molecule has 1 saturated heterocycles. The van der Waals surface area contributed by atoms with Gasteiger partial charge >= 0.3 is 6.03 Å². The van der Waals surface area contributed by atoms with Crippen LogP contribution in [0.5, 0.6) is 5.75 Å². The Hall–Kier alpha value is -2.57.